The fourth-order valence-electron chi connectivity index (χ4n) is 4.32. The van der Waals surface area contributed by atoms with Crippen molar-refractivity contribution >= 4 is 27.1 Å². The molecule has 1 amide bonds. The molecule has 0 unspecified atom stereocenters. The van der Waals surface area contributed by atoms with Crippen LogP contribution in [0.1, 0.15) is 32.1 Å². The Labute approximate surface area is 216 Å². The van der Waals surface area contributed by atoms with Gasteiger partial charge < -0.3 is 19.0 Å². The predicted molar refractivity (Wildman–Crippen MR) is 142 cm³/mol. The number of nitrogens with zero attached hydrogens (tertiary/aromatic N) is 3. The van der Waals surface area contributed by atoms with Crippen molar-refractivity contribution in [1.29, 1.82) is 0 Å². The highest BCUT2D eigenvalue weighted by Gasteiger charge is 2.24. The molecule has 4 rings (SSSR count). The van der Waals surface area contributed by atoms with Crippen molar-refractivity contribution in [3.63, 3.8) is 0 Å². The maximum absolute atomic E-state index is 12.8. The summed E-state index contributed by atoms with van der Waals surface area (Å²) in [7, 11) is -1.49. The lowest BCUT2D eigenvalue weighted by atomic mass is 10.0. The first-order chi connectivity index (χ1) is 17.3. The van der Waals surface area contributed by atoms with Crippen LogP contribution in [0.3, 0.4) is 0 Å². The number of ether oxygens (including phenoxy) is 1. The summed E-state index contributed by atoms with van der Waals surface area (Å²) in [6, 6.07) is 9.46. The van der Waals surface area contributed by atoms with Gasteiger partial charge in [0.05, 0.1) is 18.2 Å². The van der Waals surface area contributed by atoms with Crippen molar-refractivity contribution in [2.45, 2.75) is 39.5 Å². The Morgan fingerprint density at radius 1 is 1.11 bits per heavy atom. The number of carbonyl (C=O) groups excluding carboxylic acids is 1. The summed E-state index contributed by atoms with van der Waals surface area (Å²) in [5.74, 6) is 0.658. The smallest absolute Gasteiger partial charge is 0.407 e. The number of benzene rings is 1. The van der Waals surface area contributed by atoms with Gasteiger partial charge in [0.15, 0.2) is 0 Å². The highest BCUT2D eigenvalue weighted by molar-refractivity contribution is 7.88. The van der Waals surface area contributed by atoms with Gasteiger partial charge in [0.1, 0.15) is 16.9 Å². The number of sulfonamides is 1. The minimum atomic E-state index is -3.20. The van der Waals surface area contributed by atoms with E-state index in [4.69, 9.17) is 9.15 Å². The predicted octanol–water partition coefficient (Wildman–Crippen LogP) is 2.90. The van der Waals surface area contributed by atoms with Crippen LogP contribution < -0.4 is 10.9 Å². The molecule has 2 aromatic heterocycles. The molecule has 0 bridgehead atoms. The molecular weight excluding hydrogens is 496 g/mol. The van der Waals surface area contributed by atoms with E-state index >= 15 is 0 Å². The van der Waals surface area contributed by atoms with E-state index in [0.717, 1.165) is 16.7 Å². The number of amides is 1. The molecule has 0 atom stereocenters. The minimum absolute atomic E-state index is 0.145. The normalized spacial score (nSPS) is 15.7. The number of nitrogens with one attached hydrogen (secondary N) is 1. The van der Waals surface area contributed by atoms with Crippen LogP contribution in [0.25, 0.3) is 22.1 Å². The van der Waals surface area contributed by atoms with Crippen molar-refractivity contribution in [3.8, 4) is 11.1 Å². The van der Waals surface area contributed by atoms with Gasteiger partial charge in [0, 0.05) is 51.5 Å². The molecule has 200 valence electrons. The molecule has 1 N–H and O–H groups in total. The summed E-state index contributed by atoms with van der Waals surface area (Å²) in [5, 5.41) is 3.25. The van der Waals surface area contributed by atoms with Gasteiger partial charge in [0.2, 0.25) is 10.0 Å². The Balaban J connectivity index is 1.51. The van der Waals surface area contributed by atoms with Crippen LogP contribution in [0, 0.1) is 0 Å². The van der Waals surface area contributed by atoms with Gasteiger partial charge in [0.25, 0.3) is 5.56 Å². The number of aryl methyl sites for hydroxylation is 1. The van der Waals surface area contributed by atoms with Crippen LogP contribution in [0.15, 0.2) is 45.7 Å². The third kappa shape index (κ3) is 6.60. The van der Waals surface area contributed by atoms with Crippen molar-refractivity contribution in [2.75, 3.05) is 32.4 Å². The number of alkyl carbamates (subject to hydrolysis) is 1. The molecule has 1 aliphatic heterocycles. The van der Waals surface area contributed by atoms with Gasteiger partial charge in [-0.1, -0.05) is 24.3 Å². The highest BCUT2D eigenvalue weighted by atomic mass is 32.2. The molecule has 1 aromatic carbocycles. The number of fused-ring (bicyclic) bond motifs is 1. The van der Waals surface area contributed by atoms with Crippen LogP contribution in [-0.2, 0) is 34.9 Å². The maximum atomic E-state index is 12.8. The number of piperazine rings is 1. The number of furan rings is 1. The number of hydrogen-bond donors (Lipinski definition) is 1. The molecule has 0 spiro atoms. The van der Waals surface area contributed by atoms with Crippen molar-refractivity contribution in [3.05, 3.63) is 58.2 Å². The lowest BCUT2D eigenvalue weighted by molar-refractivity contribution is 0.0523. The highest BCUT2D eigenvalue weighted by Crippen LogP contribution is 2.30. The van der Waals surface area contributed by atoms with E-state index in [0.29, 0.717) is 56.0 Å². The molecule has 0 saturated carbocycles. The van der Waals surface area contributed by atoms with E-state index < -0.39 is 21.7 Å². The van der Waals surface area contributed by atoms with Crippen LogP contribution in [0.5, 0.6) is 0 Å². The number of aromatic nitrogens is 1. The summed E-state index contributed by atoms with van der Waals surface area (Å²) >= 11 is 0. The summed E-state index contributed by atoms with van der Waals surface area (Å²) in [6.45, 7) is 8.31. The molecule has 0 aliphatic carbocycles. The van der Waals surface area contributed by atoms with Gasteiger partial charge >= 0.3 is 6.09 Å². The molecule has 0 radical (unpaired) electrons. The SMILES string of the molecule is Cn1cc(-c2ccc(CNC(=O)OC(C)(C)C)cc2)c2oc(CN3CCN(S(C)(=O)=O)CC3)cc2c1=O. The van der Waals surface area contributed by atoms with Gasteiger partial charge in [-0.15, -0.1) is 0 Å². The molecule has 10 nitrogen and oxygen atoms in total. The van der Waals surface area contributed by atoms with Crippen molar-refractivity contribution in [1.82, 2.24) is 19.1 Å². The Kier molecular flexibility index (Phi) is 7.50. The number of hydrogen-bond acceptors (Lipinski definition) is 7. The van der Waals surface area contributed by atoms with E-state index in [2.05, 4.69) is 10.2 Å². The van der Waals surface area contributed by atoms with E-state index in [-0.39, 0.29) is 5.56 Å². The Morgan fingerprint density at radius 2 is 1.76 bits per heavy atom. The quantitative estimate of drug-likeness (QED) is 0.521. The van der Waals surface area contributed by atoms with Crippen LogP contribution in [0.4, 0.5) is 4.79 Å². The first-order valence-electron chi connectivity index (χ1n) is 12.2. The topological polar surface area (TPSA) is 114 Å². The van der Waals surface area contributed by atoms with E-state index in [1.807, 2.05) is 45.0 Å². The Morgan fingerprint density at radius 3 is 2.35 bits per heavy atom. The van der Waals surface area contributed by atoms with Crippen LogP contribution in [-0.4, -0.2) is 66.3 Å². The molecule has 1 fully saturated rings. The van der Waals surface area contributed by atoms with E-state index in [1.165, 1.54) is 10.6 Å². The second kappa shape index (κ2) is 10.3. The monoisotopic (exact) mass is 530 g/mol. The molecule has 37 heavy (non-hydrogen) atoms. The van der Waals surface area contributed by atoms with Gasteiger partial charge in [-0.05, 0) is 38.0 Å². The third-order valence-corrected chi connectivity index (χ3v) is 7.48. The average Bonchev–Trinajstić information content (AvgIpc) is 3.23. The largest absolute Gasteiger partial charge is 0.459 e. The third-order valence-electron chi connectivity index (χ3n) is 6.18. The zero-order valence-corrected chi connectivity index (χ0v) is 22.7. The summed E-state index contributed by atoms with van der Waals surface area (Å²) in [4.78, 5) is 26.9. The standard InChI is InChI=1S/C26H34N4O6S/c1-26(2,3)36-25(32)27-15-18-6-8-19(9-7-18)22-17-28(4)24(31)21-14-20(35-23(21)22)16-29-10-12-30(13-11-29)37(5,33)34/h6-9,14,17H,10-13,15-16H2,1-5H3,(H,27,32). The van der Waals surface area contributed by atoms with Crippen LogP contribution >= 0.6 is 0 Å². The Hall–Kier alpha value is -3.15. The molecular formula is C26H34N4O6S. The van der Waals surface area contributed by atoms with Crippen molar-refractivity contribution in [2.24, 2.45) is 7.05 Å². The molecule has 3 aromatic rings. The minimum Gasteiger partial charge on any atom is -0.459 e. The number of rotatable bonds is 6. The van der Waals surface area contributed by atoms with Gasteiger partial charge in [-0.2, -0.15) is 4.31 Å². The lowest BCUT2D eigenvalue weighted by Crippen LogP contribution is -2.47. The van der Waals surface area contributed by atoms with Crippen molar-refractivity contribution < 1.29 is 22.4 Å². The fraction of sp³-hybridized carbons (Fsp3) is 0.462. The number of carbonyl (C=O) groups is 1. The molecule has 11 heteroatoms. The van der Waals surface area contributed by atoms with Gasteiger partial charge in [-0.3, -0.25) is 9.69 Å². The Bertz CT molecular complexity index is 1440. The lowest BCUT2D eigenvalue weighted by Gasteiger charge is -2.32. The molecule has 3 heterocycles. The average molecular weight is 531 g/mol. The van der Waals surface area contributed by atoms with E-state index in [1.54, 1.807) is 23.9 Å². The zero-order chi connectivity index (χ0) is 27.0. The first-order valence-corrected chi connectivity index (χ1v) is 14.0. The number of pyridine rings is 1. The molecule has 1 aliphatic rings. The second-order valence-corrected chi connectivity index (χ2v) is 12.4. The summed E-state index contributed by atoms with van der Waals surface area (Å²) < 4.78 is 38.0. The maximum Gasteiger partial charge on any atom is 0.407 e. The zero-order valence-electron chi connectivity index (χ0n) is 21.9. The summed E-state index contributed by atoms with van der Waals surface area (Å²) in [6.07, 6.45) is 2.51. The fourth-order valence-corrected chi connectivity index (χ4v) is 5.14. The van der Waals surface area contributed by atoms with E-state index in [9.17, 15) is 18.0 Å². The first kappa shape index (κ1) is 26.9. The van der Waals surface area contributed by atoms with Gasteiger partial charge in [-0.25, -0.2) is 13.2 Å². The molecule has 1 saturated heterocycles. The second-order valence-electron chi connectivity index (χ2n) is 10.4. The summed E-state index contributed by atoms with van der Waals surface area (Å²) in [5.41, 5.74) is 2.39. The van der Waals surface area contributed by atoms with Crippen LogP contribution in [0.2, 0.25) is 0 Å².